The smallest absolute Gasteiger partial charge is 0.323 e. The fraction of sp³-hybridized carbons (Fsp3) is 0.417. The summed E-state index contributed by atoms with van der Waals surface area (Å²) in [5, 5.41) is 9.69. The van der Waals surface area contributed by atoms with Crippen LogP contribution in [-0.4, -0.2) is 30.7 Å². The van der Waals surface area contributed by atoms with E-state index in [0.29, 0.717) is 6.92 Å². The van der Waals surface area contributed by atoms with Crippen LogP contribution in [0, 0.1) is 0 Å². The first kappa shape index (κ1) is 14.4. The van der Waals surface area contributed by atoms with Crippen LogP contribution in [-0.2, 0) is 14.9 Å². The van der Waals surface area contributed by atoms with E-state index in [9.17, 15) is 18.7 Å². The molecule has 0 aromatic heterocycles. The lowest BCUT2D eigenvalue weighted by Gasteiger charge is -2.35. The first-order chi connectivity index (χ1) is 8.31. The molecule has 0 saturated carbocycles. The van der Waals surface area contributed by atoms with Crippen molar-refractivity contribution in [1.29, 1.82) is 0 Å². The van der Waals surface area contributed by atoms with Gasteiger partial charge in [0.25, 0.3) is 5.92 Å². The molecule has 0 heterocycles. The van der Waals surface area contributed by atoms with Crippen molar-refractivity contribution in [3.05, 3.63) is 29.8 Å². The van der Waals surface area contributed by atoms with Crippen molar-refractivity contribution in [2.45, 2.75) is 18.3 Å². The van der Waals surface area contributed by atoms with Crippen LogP contribution in [0.25, 0.3) is 0 Å². The molecule has 0 amide bonds. The van der Waals surface area contributed by atoms with Crippen LogP contribution in [0.2, 0.25) is 0 Å². The Morgan fingerprint density at radius 3 is 2.39 bits per heavy atom. The minimum Gasteiger partial charge on any atom is -0.508 e. The van der Waals surface area contributed by atoms with Gasteiger partial charge in [0.15, 0.2) is 5.41 Å². The summed E-state index contributed by atoms with van der Waals surface area (Å²) in [5.74, 6) is -5.08. The minimum absolute atomic E-state index is 0.244. The molecule has 1 unspecified atom stereocenters. The Labute approximate surface area is 103 Å². The van der Waals surface area contributed by atoms with Gasteiger partial charge in [-0.15, -0.1) is 0 Å². The Bertz CT molecular complexity index is 445. The van der Waals surface area contributed by atoms with E-state index >= 15 is 0 Å². The summed E-state index contributed by atoms with van der Waals surface area (Å²) in [5.41, 5.74) is 2.74. The number of phenols is 1. The molecule has 0 aliphatic rings. The first-order valence-electron chi connectivity index (χ1n) is 5.26. The fourth-order valence-electron chi connectivity index (χ4n) is 1.91. The third-order valence-electron chi connectivity index (χ3n) is 2.95. The number of hydrogen-bond acceptors (Lipinski definition) is 4. The van der Waals surface area contributed by atoms with E-state index in [1.165, 1.54) is 24.3 Å². The number of rotatable bonds is 4. The standard InChI is InChI=1S/C12H15F2NO3/c1-11(13,14)12(7-15,10(17)18-2)8-5-3-4-6-9(8)16/h3-6,16H,7,15H2,1-2H3. The molecule has 0 aliphatic carbocycles. The molecule has 4 nitrogen and oxygen atoms in total. The van der Waals surface area contributed by atoms with Crippen molar-refractivity contribution < 1.29 is 23.4 Å². The van der Waals surface area contributed by atoms with Crippen LogP contribution in [0.4, 0.5) is 8.78 Å². The Morgan fingerprint density at radius 2 is 2.00 bits per heavy atom. The number of benzene rings is 1. The van der Waals surface area contributed by atoms with Crippen LogP contribution in [0.3, 0.4) is 0 Å². The van der Waals surface area contributed by atoms with Gasteiger partial charge in [0.1, 0.15) is 5.75 Å². The van der Waals surface area contributed by atoms with Gasteiger partial charge >= 0.3 is 5.97 Å². The van der Waals surface area contributed by atoms with E-state index in [2.05, 4.69) is 4.74 Å². The molecule has 0 bridgehead atoms. The molecule has 0 spiro atoms. The molecule has 0 fully saturated rings. The van der Waals surface area contributed by atoms with Gasteiger partial charge in [-0.3, -0.25) is 4.79 Å². The number of nitrogens with two attached hydrogens (primary N) is 1. The molecular formula is C12H15F2NO3. The van der Waals surface area contributed by atoms with Gasteiger partial charge in [-0.2, -0.15) is 0 Å². The van der Waals surface area contributed by atoms with E-state index in [4.69, 9.17) is 5.73 Å². The van der Waals surface area contributed by atoms with Crippen LogP contribution in [0.5, 0.6) is 5.75 Å². The first-order valence-corrected chi connectivity index (χ1v) is 5.26. The van der Waals surface area contributed by atoms with Gasteiger partial charge in [-0.1, -0.05) is 18.2 Å². The highest BCUT2D eigenvalue weighted by Gasteiger charge is 2.58. The Morgan fingerprint density at radius 1 is 1.44 bits per heavy atom. The molecule has 1 atom stereocenters. The molecular weight excluding hydrogens is 244 g/mol. The molecule has 1 rings (SSSR count). The number of aromatic hydroxyl groups is 1. The molecule has 0 aliphatic heterocycles. The van der Waals surface area contributed by atoms with Crippen molar-refractivity contribution in [2.24, 2.45) is 5.73 Å². The number of alkyl halides is 2. The molecule has 100 valence electrons. The second-order valence-electron chi connectivity index (χ2n) is 4.01. The molecule has 1 aromatic rings. The van der Waals surface area contributed by atoms with E-state index in [-0.39, 0.29) is 5.56 Å². The molecule has 3 N–H and O–H groups in total. The maximum absolute atomic E-state index is 13.9. The lowest BCUT2D eigenvalue weighted by Crippen LogP contribution is -2.55. The Kier molecular flexibility index (Phi) is 3.91. The van der Waals surface area contributed by atoms with Gasteiger partial charge in [0.2, 0.25) is 0 Å². The Hall–Kier alpha value is -1.69. The zero-order valence-corrected chi connectivity index (χ0v) is 10.1. The number of halogens is 2. The summed E-state index contributed by atoms with van der Waals surface area (Å²) in [7, 11) is 0.998. The molecule has 6 heteroatoms. The minimum atomic E-state index is -3.48. The zero-order valence-electron chi connectivity index (χ0n) is 10.1. The molecule has 1 aromatic carbocycles. The zero-order chi connectivity index (χ0) is 14.0. The normalized spacial score (nSPS) is 14.9. The largest absolute Gasteiger partial charge is 0.508 e. The fourth-order valence-corrected chi connectivity index (χ4v) is 1.91. The lowest BCUT2D eigenvalue weighted by atomic mass is 9.75. The second kappa shape index (κ2) is 4.89. The van der Waals surface area contributed by atoms with Crippen molar-refractivity contribution in [3.8, 4) is 5.75 Å². The van der Waals surface area contributed by atoms with Gasteiger partial charge in [0.05, 0.1) is 7.11 Å². The van der Waals surface area contributed by atoms with E-state index in [1.54, 1.807) is 0 Å². The van der Waals surface area contributed by atoms with Crippen LogP contribution >= 0.6 is 0 Å². The van der Waals surface area contributed by atoms with Gasteiger partial charge in [-0.25, -0.2) is 8.78 Å². The number of esters is 1. The summed E-state index contributed by atoms with van der Waals surface area (Å²) in [6.45, 7) is -0.107. The van der Waals surface area contributed by atoms with Crippen molar-refractivity contribution in [2.75, 3.05) is 13.7 Å². The Balaban J connectivity index is 3.56. The average molecular weight is 259 g/mol. The maximum Gasteiger partial charge on any atom is 0.323 e. The third kappa shape index (κ3) is 2.03. The number of ether oxygens (including phenoxy) is 1. The highest BCUT2D eigenvalue weighted by Crippen LogP contribution is 2.43. The number of phenolic OH excluding ortho intramolecular Hbond substituents is 1. The third-order valence-corrected chi connectivity index (χ3v) is 2.95. The van der Waals surface area contributed by atoms with Gasteiger partial charge < -0.3 is 15.6 Å². The van der Waals surface area contributed by atoms with Crippen LogP contribution < -0.4 is 5.73 Å². The molecule has 0 saturated heterocycles. The van der Waals surface area contributed by atoms with Gasteiger partial charge in [-0.05, 0) is 6.07 Å². The summed E-state index contributed by atoms with van der Waals surface area (Å²) in [6, 6.07) is 5.35. The quantitative estimate of drug-likeness (QED) is 0.802. The topological polar surface area (TPSA) is 72.5 Å². The number of methoxy groups -OCH3 is 1. The number of carbonyl (C=O) groups is 1. The summed E-state index contributed by atoms with van der Waals surface area (Å²) in [4.78, 5) is 11.8. The maximum atomic E-state index is 13.9. The number of hydrogen-bond donors (Lipinski definition) is 2. The van der Waals surface area contributed by atoms with Gasteiger partial charge in [0, 0.05) is 19.0 Å². The SMILES string of the molecule is COC(=O)C(CN)(c1ccccc1O)C(C)(F)F. The predicted molar refractivity (Wildman–Crippen MR) is 61.5 cm³/mol. The number of para-hydroxylation sites is 1. The number of carbonyl (C=O) groups excluding carboxylic acids is 1. The van der Waals surface area contributed by atoms with E-state index in [1.807, 2.05) is 0 Å². The summed E-state index contributed by atoms with van der Waals surface area (Å²) < 4.78 is 32.1. The monoisotopic (exact) mass is 259 g/mol. The van der Waals surface area contributed by atoms with E-state index < -0.39 is 29.6 Å². The van der Waals surface area contributed by atoms with Crippen molar-refractivity contribution in [1.82, 2.24) is 0 Å². The van der Waals surface area contributed by atoms with Crippen LogP contribution in [0.15, 0.2) is 24.3 Å². The van der Waals surface area contributed by atoms with Crippen molar-refractivity contribution in [3.63, 3.8) is 0 Å². The highest BCUT2D eigenvalue weighted by molar-refractivity contribution is 5.86. The molecule has 18 heavy (non-hydrogen) atoms. The highest BCUT2D eigenvalue weighted by atomic mass is 19.3. The summed E-state index contributed by atoms with van der Waals surface area (Å²) >= 11 is 0. The lowest BCUT2D eigenvalue weighted by molar-refractivity contribution is -0.163. The van der Waals surface area contributed by atoms with Crippen molar-refractivity contribution >= 4 is 5.97 Å². The second-order valence-corrected chi connectivity index (χ2v) is 4.01. The van der Waals surface area contributed by atoms with E-state index in [0.717, 1.165) is 7.11 Å². The molecule has 0 radical (unpaired) electrons. The average Bonchev–Trinajstić information content (AvgIpc) is 2.30. The predicted octanol–water partition coefficient (Wildman–Crippen LogP) is 1.42. The van der Waals surface area contributed by atoms with Crippen LogP contribution in [0.1, 0.15) is 12.5 Å². The summed E-state index contributed by atoms with van der Waals surface area (Å²) in [6.07, 6.45) is 0.